The summed E-state index contributed by atoms with van der Waals surface area (Å²) in [5.74, 6) is -7.18. The van der Waals surface area contributed by atoms with E-state index >= 15 is 4.79 Å². The van der Waals surface area contributed by atoms with Gasteiger partial charge in [0, 0.05) is 29.7 Å². The Morgan fingerprint density at radius 1 is 0.941 bits per heavy atom. The van der Waals surface area contributed by atoms with Gasteiger partial charge in [-0.05, 0) is 59.4 Å². The zero-order valence-electron chi connectivity index (χ0n) is 26.6. The van der Waals surface area contributed by atoms with E-state index in [1.165, 1.54) is 13.1 Å². The Kier molecular flexibility index (Phi) is 7.52. The van der Waals surface area contributed by atoms with Gasteiger partial charge in [0.25, 0.3) is 11.8 Å². The van der Waals surface area contributed by atoms with Crippen LogP contribution in [0, 0.1) is 23.7 Å². The first kappa shape index (κ1) is 33.2. The fourth-order valence-electron chi connectivity index (χ4n) is 8.84. The van der Waals surface area contributed by atoms with E-state index in [1.807, 2.05) is 18.2 Å². The van der Waals surface area contributed by atoms with Gasteiger partial charge >= 0.3 is 6.18 Å². The lowest BCUT2D eigenvalue weighted by atomic mass is 9.48. The van der Waals surface area contributed by atoms with Crippen molar-refractivity contribution in [2.75, 3.05) is 12.5 Å². The number of likely N-dealkylation sites (tertiary alicyclic amines) is 1. The predicted molar refractivity (Wildman–Crippen MR) is 180 cm³/mol. The standard InChI is InChI=1S/C37H27Cl2F3N4O5/c1-45-32(48)23-12-11-22-24(28(23)34(45)50)15-25-33(49)46(44-31-26(39)14-19(16-43-31)37(40,41)42)35(51)36(25,18-7-9-20(38)10-8-18)30(22)29-21-5-3-2-4-17(21)6-13-27(29)47/h2-11,13-14,16,23-25,28,30,47H,12,15H2,1H3,(H,43,44). The van der Waals surface area contributed by atoms with Crippen molar-refractivity contribution >= 4 is 63.4 Å². The highest BCUT2D eigenvalue weighted by molar-refractivity contribution is 6.33. The summed E-state index contributed by atoms with van der Waals surface area (Å²) in [6, 6.07) is 17.6. The highest BCUT2D eigenvalue weighted by atomic mass is 35.5. The summed E-state index contributed by atoms with van der Waals surface area (Å²) in [6.45, 7) is 0. The third-order valence-electron chi connectivity index (χ3n) is 11.0. The summed E-state index contributed by atoms with van der Waals surface area (Å²) >= 11 is 12.6. The van der Waals surface area contributed by atoms with Crippen LogP contribution >= 0.6 is 23.2 Å². The molecule has 4 aromatic rings. The van der Waals surface area contributed by atoms with E-state index in [9.17, 15) is 32.7 Å². The lowest BCUT2D eigenvalue weighted by molar-refractivity contribution is -0.140. The fraction of sp³-hybridized carbons (Fsp3) is 0.270. The van der Waals surface area contributed by atoms with Crippen molar-refractivity contribution in [3.05, 3.63) is 111 Å². The SMILES string of the molecule is CN1C(=O)C2CC=C3C(CC4C(=O)N(Nc5ncc(C(F)(F)F)cc5Cl)C(=O)C4(c4ccc(Cl)cc4)C3c3c(O)ccc4ccccc34)C2C1=O. The molecule has 0 radical (unpaired) electrons. The third-order valence-corrected chi connectivity index (χ3v) is 11.6. The number of pyridine rings is 1. The Hall–Kier alpha value is -4.94. The Morgan fingerprint density at radius 2 is 1.67 bits per heavy atom. The van der Waals surface area contributed by atoms with Gasteiger partial charge in [0.05, 0.1) is 33.8 Å². The van der Waals surface area contributed by atoms with Crippen LogP contribution in [0.1, 0.15) is 35.4 Å². The molecule has 8 rings (SSSR count). The van der Waals surface area contributed by atoms with Crippen LogP contribution in [0.5, 0.6) is 5.75 Å². The average molecular weight is 736 g/mol. The van der Waals surface area contributed by atoms with Crippen LogP contribution in [0.3, 0.4) is 0 Å². The summed E-state index contributed by atoms with van der Waals surface area (Å²) in [5.41, 5.74) is 1.07. The van der Waals surface area contributed by atoms with Crippen LogP contribution in [0.25, 0.3) is 10.8 Å². The number of aromatic nitrogens is 1. The quantitative estimate of drug-likeness (QED) is 0.173. The van der Waals surface area contributed by atoms with Crippen LogP contribution in [0.15, 0.2) is 84.6 Å². The minimum atomic E-state index is -4.75. The highest BCUT2D eigenvalue weighted by Crippen LogP contribution is 2.65. The Labute approximate surface area is 298 Å². The molecule has 2 aliphatic heterocycles. The lowest BCUT2D eigenvalue weighted by Gasteiger charge is -2.51. The van der Waals surface area contributed by atoms with Crippen molar-refractivity contribution in [3.63, 3.8) is 0 Å². The largest absolute Gasteiger partial charge is 0.508 e. The van der Waals surface area contributed by atoms with Crippen LogP contribution < -0.4 is 5.43 Å². The van der Waals surface area contributed by atoms with E-state index in [2.05, 4.69) is 10.4 Å². The van der Waals surface area contributed by atoms with E-state index in [1.54, 1.807) is 42.5 Å². The van der Waals surface area contributed by atoms with Gasteiger partial charge in [-0.1, -0.05) is 77.3 Å². The summed E-state index contributed by atoms with van der Waals surface area (Å²) in [6.07, 6.45) is -2.18. The van der Waals surface area contributed by atoms with Gasteiger partial charge in [-0.15, -0.1) is 0 Å². The van der Waals surface area contributed by atoms with E-state index in [-0.39, 0.29) is 30.3 Å². The molecule has 0 spiro atoms. The zero-order chi connectivity index (χ0) is 36.1. The number of aromatic hydroxyl groups is 1. The van der Waals surface area contributed by atoms with Crippen LogP contribution in [-0.2, 0) is 30.8 Å². The number of carbonyl (C=O) groups is 4. The highest BCUT2D eigenvalue weighted by Gasteiger charge is 2.70. The Balaban J connectivity index is 1.39. The van der Waals surface area contributed by atoms with Crippen molar-refractivity contribution in [3.8, 4) is 5.75 Å². The number of hydrazine groups is 1. The number of hydrogen-bond donors (Lipinski definition) is 2. The number of rotatable bonds is 4. The molecule has 14 heteroatoms. The van der Waals surface area contributed by atoms with Crippen molar-refractivity contribution < 1.29 is 37.5 Å². The number of phenolic OH excluding ortho intramolecular Hbond substituents is 1. The monoisotopic (exact) mass is 734 g/mol. The molecule has 2 aliphatic carbocycles. The van der Waals surface area contributed by atoms with E-state index in [4.69, 9.17) is 23.2 Å². The molecule has 9 nitrogen and oxygen atoms in total. The van der Waals surface area contributed by atoms with Crippen LogP contribution in [0.4, 0.5) is 19.0 Å². The molecule has 2 N–H and O–H groups in total. The number of hydrogen-bond acceptors (Lipinski definition) is 7. The number of phenols is 1. The molecular formula is C37H27Cl2F3N4O5. The number of benzene rings is 3. The van der Waals surface area contributed by atoms with Gasteiger partial charge < -0.3 is 5.11 Å². The minimum absolute atomic E-state index is 0.0263. The number of anilines is 1. The number of imide groups is 2. The molecule has 6 atom stereocenters. The molecule has 3 fully saturated rings. The van der Waals surface area contributed by atoms with Gasteiger partial charge in [-0.25, -0.2) is 4.98 Å². The molecule has 0 bridgehead atoms. The van der Waals surface area contributed by atoms with Gasteiger partial charge in [-0.3, -0.25) is 29.5 Å². The van der Waals surface area contributed by atoms with Crippen molar-refractivity contribution in [1.82, 2.24) is 14.9 Å². The fourth-order valence-corrected chi connectivity index (χ4v) is 9.18. The molecule has 3 aromatic carbocycles. The maximum Gasteiger partial charge on any atom is 0.417 e. The summed E-state index contributed by atoms with van der Waals surface area (Å²) < 4.78 is 40.3. The Morgan fingerprint density at radius 3 is 2.37 bits per heavy atom. The minimum Gasteiger partial charge on any atom is -0.508 e. The molecule has 1 aromatic heterocycles. The summed E-state index contributed by atoms with van der Waals surface area (Å²) in [7, 11) is 1.42. The number of amides is 4. The maximum absolute atomic E-state index is 15.3. The first-order chi connectivity index (χ1) is 24.2. The molecule has 1 saturated carbocycles. The van der Waals surface area contributed by atoms with Crippen molar-refractivity contribution in [2.24, 2.45) is 23.7 Å². The van der Waals surface area contributed by atoms with Crippen LogP contribution in [0.2, 0.25) is 10.0 Å². The summed E-state index contributed by atoms with van der Waals surface area (Å²) in [5, 5.41) is 13.7. The number of nitrogens with one attached hydrogen (secondary N) is 1. The van der Waals surface area contributed by atoms with E-state index in [0.717, 1.165) is 15.3 Å². The zero-order valence-corrected chi connectivity index (χ0v) is 28.1. The van der Waals surface area contributed by atoms with E-state index < -0.39 is 69.5 Å². The molecule has 2 saturated heterocycles. The number of carbonyl (C=O) groups excluding carboxylic acids is 4. The van der Waals surface area contributed by atoms with Crippen molar-refractivity contribution in [1.29, 1.82) is 0 Å². The smallest absolute Gasteiger partial charge is 0.417 e. The average Bonchev–Trinajstić information content (AvgIpc) is 3.45. The van der Waals surface area contributed by atoms with Gasteiger partial charge in [0.1, 0.15) is 5.75 Å². The normalized spacial score (nSPS) is 27.4. The molecule has 3 heterocycles. The number of fused-ring (bicyclic) bond motifs is 5. The van der Waals surface area contributed by atoms with E-state index in [0.29, 0.717) is 39.4 Å². The molecule has 260 valence electrons. The first-order valence-corrected chi connectivity index (χ1v) is 16.9. The van der Waals surface area contributed by atoms with Gasteiger partial charge in [0.15, 0.2) is 5.82 Å². The van der Waals surface area contributed by atoms with Crippen molar-refractivity contribution in [2.45, 2.75) is 30.4 Å². The van der Waals surface area contributed by atoms with Gasteiger partial charge in [0.2, 0.25) is 11.8 Å². The number of halogens is 5. The van der Waals surface area contributed by atoms with Gasteiger partial charge in [-0.2, -0.15) is 18.2 Å². The molecule has 51 heavy (non-hydrogen) atoms. The third kappa shape index (κ3) is 4.72. The second-order valence-electron chi connectivity index (χ2n) is 13.4. The molecule has 4 amide bonds. The number of alkyl halides is 3. The van der Waals surface area contributed by atoms with Crippen LogP contribution in [-0.4, -0.2) is 50.7 Å². The number of allylic oxidation sites excluding steroid dienone is 2. The maximum atomic E-state index is 15.3. The predicted octanol–water partition coefficient (Wildman–Crippen LogP) is 6.88. The number of nitrogens with zero attached hydrogens (tertiary/aromatic N) is 3. The first-order valence-electron chi connectivity index (χ1n) is 16.1. The summed E-state index contributed by atoms with van der Waals surface area (Å²) in [4.78, 5) is 62.0. The topological polar surface area (TPSA) is 120 Å². The lowest BCUT2D eigenvalue weighted by Crippen LogP contribution is -2.53. The molecule has 6 unspecified atom stereocenters. The Bertz CT molecular complexity index is 2230. The second kappa shape index (κ2) is 11.5. The molecular weight excluding hydrogens is 708 g/mol. The molecule has 4 aliphatic rings. The second-order valence-corrected chi connectivity index (χ2v) is 14.2.